The summed E-state index contributed by atoms with van der Waals surface area (Å²) in [5, 5.41) is 10.9. The Labute approximate surface area is 268 Å². The van der Waals surface area contributed by atoms with Gasteiger partial charge in [-0.3, -0.25) is 9.59 Å². The van der Waals surface area contributed by atoms with Gasteiger partial charge in [0.15, 0.2) is 0 Å². The van der Waals surface area contributed by atoms with Crippen LogP contribution in [-0.4, -0.2) is 56.5 Å². The lowest BCUT2D eigenvalue weighted by atomic mass is 9.85. The van der Waals surface area contributed by atoms with Crippen LogP contribution >= 0.6 is 21.6 Å². The lowest BCUT2D eigenvalue weighted by molar-refractivity contribution is -0.175. The third-order valence-electron chi connectivity index (χ3n) is 7.91. The number of phenols is 1. The van der Waals surface area contributed by atoms with Crippen LogP contribution in [-0.2, 0) is 53.7 Å². The molecule has 11 nitrogen and oxygen atoms in total. The molecular weight excluding hydrogens is 620 g/mol. The molecule has 3 aromatic rings. The van der Waals surface area contributed by atoms with E-state index in [1.165, 1.54) is 21.6 Å². The third kappa shape index (κ3) is 6.24. The predicted octanol–water partition coefficient (Wildman–Crippen LogP) is 5.62. The molecule has 2 aliphatic rings. The number of pyridine rings is 2. The maximum atomic E-state index is 13.9. The highest BCUT2D eigenvalue weighted by molar-refractivity contribution is 8.77. The zero-order chi connectivity index (χ0) is 32.5. The number of aryl methyl sites for hydroxylation is 1. The average Bonchev–Trinajstić information content (AvgIpc) is 3.38. The van der Waals surface area contributed by atoms with E-state index in [1.54, 1.807) is 42.7 Å². The summed E-state index contributed by atoms with van der Waals surface area (Å²) in [5.41, 5.74) is 1.90. The molecule has 2 aromatic heterocycles. The quantitative estimate of drug-likeness (QED) is 0.0926. The number of hydrogen-bond acceptors (Lipinski definition) is 12. The molecule has 0 spiro atoms. The van der Waals surface area contributed by atoms with Crippen molar-refractivity contribution in [3.8, 4) is 17.1 Å². The summed E-state index contributed by atoms with van der Waals surface area (Å²) in [7, 11) is 2.95. The van der Waals surface area contributed by atoms with Gasteiger partial charge in [-0.2, -0.15) is 0 Å². The molecular formula is C32H36N2O9S2. The number of carbonyl (C=O) groups is 3. The van der Waals surface area contributed by atoms with Gasteiger partial charge in [0, 0.05) is 28.7 Å². The first-order valence-corrected chi connectivity index (χ1v) is 17.2. The molecule has 4 heterocycles. The predicted molar refractivity (Wildman–Crippen MR) is 171 cm³/mol. The maximum absolute atomic E-state index is 13.9. The van der Waals surface area contributed by atoms with Crippen LogP contribution in [0, 0.1) is 0 Å². The van der Waals surface area contributed by atoms with Crippen molar-refractivity contribution in [2.24, 2.45) is 0 Å². The minimum Gasteiger partial charge on any atom is -0.508 e. The van der Waals surface area contributed by atoms with Crippen molar-refractivity contribution >= 4 is 50.6 Å². The summed E-state index contributed by atoms with van der Waals surface area (Å²) in [5.74, 6) is -0.335. The highest BCUT2D eigenvalue weighted by Crippen LogP contribution is 2.43. The molecule has 5 rings (SSSR count). The lowest BCUT2D eigenvalue weighted by Crippen LogP contribution is -2.47. The normalized spacial score (nSPS) is 16.9. The molecule has 0 bridgehead atoms. The fourth-order valence-corrected chi connectivity index (χ4v) is 7.85. The van der Waals surface area contributed by atoms with Gasteiger partial charge in [-0.15, -0.1) is 0 Å². The number of cyclic esters (lactones) is 1. The standard InChI is InChI=1S/C32H36N2O9S2/c1-6-19-20-13-18(35)9-10-24(20)33-27-21(19)15-34-25(27)14-23-22(28(34)37)16-41-29(38)32(23,8-3)43-30(39)42-17-31(4,5)45-44-12-11-40-26(36)7-2/h9-10,13-14,35H,6-8,11-12,15-17H2,1-5H3. The Morgan fingerprint density at radius 3 is 2.62 bits per heavy atom. The molecule has 0 radical (unpaired) electrons. The summed E-state index contributed by atoms with van der Waals surface area (Å²) in [6.07, 6.45) is -0.0715. The monoisotopic (exact) mass is 656 g/mol. The number of phenolic OH excluding ortho intramolecular Hbond substituents is 1. The Morgan fingerprint density at radius 1 is 1.13 bits per heavy atom. The minimum atomic E-state index is -1.88. The van der Waals surface area contributed by atoms with Crippen LogP contribution < -0.4 is 5.56 Å². The minimum absolute atomic E-state index is 0.0127. The Bertz CT molecular complexity index is 1740. The second-order valence-electron chi connectivity index (χ2n) is 11.4. The number of esters is 2. The van der Waals surface area contributed by atoms with Crippen molar-refractivity contribution in [3.05, 3.63) is 56.9 Å². The zero-order valence-electron chi connectivity index (χ0n) is 25.9. The van der Waals surface area contributed by atoms with E-state index in [-0.39, 0.29) is 61.2 Å². The van der Waals surface area contributed by atoms with E-state index < -0.39 is 22.5 Å². The molecule has 1 N–H and O–H groups in total. The second kappa shape index (κ2) is 13.0. The SMILES string of the molecule is CCC(=O)OCCSSC(C)(C)COC(=O)OC1(CC)C(=O)OCc2c1cc1n(c2=O)Cc2c-1nc1ccc(O)cc1c2CC. The van der Waals surface area contributed by atoms with Crippen LogP contribution in [0.4, 0.5) is 4.79 Å². The number of fused-ring (bicyclic) bond motifs is 5. The van der Waals surface area contributed by atoms with Crippen LogP contribution in [0.3, 0.4) is 0 Å². The number of carbonyl (C=O) groups excluding carboxylic acids is 3. The molecule has 0 aliphatic carbocycles. The van der Waals surface area contributed by atoms with E-state index in [9.17, 15) is 24.3 Å². The van der Waals surface area contributed by atoms with Crippen molar-refractivity contribution in [1.82, 2.24) is 9.55 Å². The number of benzene rings is 1. The molecule has 45 heavy (non-hydrogen) atoms. The third-order valence-corrected chi connectivity index (χ3v) is 11.1. The molecule has 240 valence electrons. The van der Waals surface area contributed by atoms with E-state index in [0.29, 0.717) is 35.5 Å². The van der Waals surface area contributed by atoms with Crippen LogP contribution in [0.15, 0.2) is 29.1 Å². The number of ether oxygens (including phenoxy) is 4. The summed E-state index contributed by atoms with van der Waals surface area (Å²) in [4.78, 5) is 56.5. The van der Waals surface area contributed by atoms with Crippen molar-refractivity contribution in [1.29, 1.82) is 0 Å². The fourth-order valence-electron chi connectivity index (χ4n) is 5.63. The highest BCUT2D eigenvalue weighted by Gasteiger charge is 2.51. The van der Waals surface area contributed by atoms with Gasteiger partial charge in [0.25, 0.3) is 5.56 Å². The van der Waals surface area contributed by atoms with Crippen LogP contribution in [0.1, 0.15) is 69.7 Å². The molecule has 1 atom stereocenters. The Morgan fingerprint density at radius 2 is 1.91 bits per heavy atom. The molecule has 2 aliphatic heterocycles. The zero-order valence-corrected chi connectivity index (χ0v) is 27.5. The van der Waals surface area contributed by atoms with Gasteiger partial charge in [-0.05, 0) is 56.5 Å². The Hall–Kier alpha value is -3.71. The molecule has 0 saturated carbocycles. The highest BCUT2D eigenvalue weighted by atomic mass is 33.1. The van der Waals surface area contributed by atoms with Gasteiger partial charge < -0.3 is 28.6 Å². The number of nitrogens with zero attached hydrogens (tertiary/aromatic N) is 2. The first-order valence-electron chi connectivity index (χ1n) is 14.9. The lowest BCUT2D eigenvalue weighted by Gasteiger charge is -2.35. The van der Waals surface area contributed by atoms with Gasteiger partial charge in [-0.25, -0.2) is 14.6 Å². The largest absolute Gasteiger partial charge is 0.509 e. The molecule has 0 saturated heterocycles. The number of hydrogen-bond donors (Lipinski definition) is 1. The van der Waals surface area contributed by atoms with Crippen molar-refractivity contribution in [2.75, 3.05) is 19.0 Å². The van der Waals surface area contributed by atoms with Crippen LogP contribution in [0.5, 0.6) is 5.75 Å². The van der Waals surface area contributed by atoms with Gasteiger partial charge in [-0.1, -0.05) is 42.4 Å². The molecule has 13 heteroatoms. The van der Waals surface area contributed by atoms with E-state index >= 15 is 0 Å². The van der Waals surface area contributed by atoms with Gasteiger partial charge in [0.1, 0.15) is 25.6 Å². The molecule has 0 fully saturated rings. The number of rotatable bonds is 11. The van der Waals surface area contributed by atoms with Crippen molar-refractivity contribution < 1.29 is 38.4 Å². The van der Waals surface area contributed by atoms with Gasteiger partial charge in [0.05, 0.1) is 33.8 Å². The number of aromatic nitrogens is 2. The van der Waals surface area contributed by atoms with Gasteiger partial charge >= 0.3 is 18.1 Å². The summed E-state index contributed by atoms with van der Waals surface area (Å²) in [6.45, 7) is 9.49. The van der Waals surface area contributed by atoms with E-state index in [1.807, 2.05) is 20.8 Å². The Kier molecular flexibility index (Phi) is 9.41. The summed E-state index contributed by atoms with van der Waals surface area (Å²) < 4.78 is 22.8. The second-order valence-corrected chi connectivity index (χ2v) is 14.5. The molecule has 1 aromatic carbocycles. The maximum Gasteiger partial charge on any atom is 0.509 e. The van der Waals surface area contributed by atoms with E-state index in [4.69, 9.17) is 23.9 Å². The number of aromatic hydroxyl groups is 1. The molecule has 1 unspecified atom stereocenters. The smallest absolute Gasteiger partial charge is 0.508 e. The van der Waals surface area contributed by atoms with Crippen molar-refractivity contribution in [3.63, 3.8) is 0 Å². The average molecular weight is 657 g/mol. The summed E-state index contributed by atoms with van der Waals surface area (Å²) >= 11 is 0. The summed E-state index contributed by atoms with van der Waals surface area (Å²) in [6, 6.07) is 6.68. The van der Waals surface area contributed by atoms with E-state index in [2.05, 4.69) is 0 Å². The van der Waals surface area contributed by atoms with Crippen molar-refractivity contribution in [2.45, 2.75) is 77.4 Å². The molecule has 0 amide bonds. The van der Waals surface area contributed by atoms with Gasteiger partial charge in [0.2, 0.25) is 5.60 Å². The van der Waals surface area contributed by atoms with E-state index in [0.717, 1.165) is 16.5 Å². The first kappa shape index (κ1) is 32.7. The fraction of sp³-hybridized carbons (Fsp3) is 0.469. The Balaban J connectivity index is 1.40. The van der Waals surface area contributed by atoms with Crippen LogP contribution in [0.2, 0.25) is 0 Å². The van der Waals surface area contributed by atoms with Crippen LogP contribution in [0.25, 0.3) is 22.3 Å². The first-order chi connectivity index (χ1) is 21.4. The topological polar surface area (TPSA) is 143 Å².